The lowest BCUT2D eigenvalue weighted by atomic mass is 9.82. The Morgan fingerprint density at radius 1 is 1.15 bits per heavy atom. The summed E-state index contributed by atoms with van der Waals surface area (Å²) in [4.78, 5) is 12.2. The van der Waals surface area contributed by atoms with Crippen molar-refractivity contribution in [1.82, 2.24) is 5.32 Å². The molecular formula is C26H45ClN2O5. The number of methoxy groups -OCH3 is 2. The first-order valence-electron chi connectivity index (χ1n) is 12.3. The number of carbonyl (C=O) groups is 1. The van der Waals surface area contributed by atoms with Gasteiger partial charge in [0.05, 0.1) is 19.8 Å². The van der Waals surface area contributed by atoms with E-state index in [-0.39, 0.29) is 30.3 Å². The van der Waals surface area contributed by atoms with Gasteiger partial charge in [-0.1, -0.05) is 26.8 Å². The fourth-order valence-corrected chi connectivity index (χ4v) is 3.96. The van der Waals surface area contributed by atoms with Crippen LogP contribution in [0.25, 0.3) is 0 Å². The lowest BCUT2D eigenvalue weighted by Gasteiger charge is -2.28. The highest BCUT2D eigenvalue weighted by Gasteiger charge is 2.29. The molecule has 0 aromatic heterocycles. The van der Waals surface area contributed by atoms with Crippen LogP contribution in [-0.4, -0.2) is 56.6 Å². The second kappa shape index (κ2) is 15.5. The Labute approximate surface area is 211 Å². The van der Waals surface area contributed by atoms with E-state index in [0.29, 0.717) is 49.7 Å². The Morgan fingerprint density at radius 3 is 2.44 bits per heavy atom. The first-order valence-corrected chi connectivity index (χ1v) is 12.3. The molecule has 0 spiro atoms. The molecule has 34 heavy (non-hydrogen) atoms. The fourth-order valence-electron chi connectivity index (χ4n) is 3.96. The summed E-state index contributed by atoms with van der Waals surface area (Å²) in [6.45, 7) is 7.44. The van der Waals surface area contributed by atoms with Gasteiger partial charge in [0.1, 0.15) is 0 Å². The zero-order valence-electron chi connectivity index (χ0n) is 21.4. The third kappa shape index (κ3) is 10.4. The summed E-state index contributed by atoms with van der Waals surface area (Å²) in [7, 11) is 3.32. The molecule has 0 aliphatic heterocycles. The van der Waals surface area contributed by atoms with Gasteiger partial charge in [0, 0.05) is 38.1 Å². The number of amides is 1. The molecule has 2 rings (SSSR count). The predicted molar refractivity (Wildman–Crippen MR) is 138 cm³/mol. The molecule has 1 aromatic rings. The number of carbonyl (C=O) groups excluding carboxylic acids is 1. The third-order valence-corrected chi connectivity index (χ3v) is 6.45. The molecule has 196 valence electrons. The van der Waals surface area contributed by atoms with E-state index in [1.165, 1.54) is 0 Å². The van der Waals surface area contributed by atoms with Gasteiger partial charge < -0.3 is 30.4 Å². The third-order valence-electron chi connectivity index (χ3n) is 6.45. The molecule has 1 saturated carbocycles. The molecule has 0 heterocycles. The highest BCUT2D eigenvalue weighted by Crippen LogP contribution is 2.31. The van der Waals surface area contributed by atoms with Crippen molar-refractivity contribution in [3.63, 3.8) is 0 Å². The quantitative estimate of drug-likeness (QED) is 0.299. The lowest BCUT2D eigenvalue weighted by Crippen LogP contribution is -2.41. The van der Waals surface area contributed by atoms with Crippen LogP contribution in [0.3, 0.4) is 0 Å². The van der Waals surface area contributed by atoms with Gasteiger partial charge in [-0.15, -0.1) is 12.4 Å². The number of rotatable bonds is 16. The van der Waals surface area contributed by atoms with Gasteiger partial charge in [0.15, 0.2) is 11.5 Å². The lowest BCUT2D eigenvalue weighted by molar-refractivity contribution is -0.125. The average molecular weight is 501 g/mol. The summed E-state index contributed by atoms with van der Waals surface area (Å²) in [6.07, 6.45) is 4.11. The molecule has 1 amide bonds. The average Bonchev–Trinajstić information content (AvgIpc) is 3.60. The van der Waals surface area contributed by atoms with Crippen molar-refractivity contribution in [3.8, 4) is 11.5 Å². The van der Waals surface area contributed by atoms with Gasteiger partial charge in [-0.2, -0.15) is 0 Å². The zero-order chi connectivity index (χ0) is 24.4. The molecule has 0 radical (unpaired) electrons. The Balaban J connectivity index is 0.00000578. The van der Waals surface area contributed by atoms with Gasteiger partial charge in [0.25, 0.3) is 0 Å². The van der Waals surface area contributed by atoms with Crippen LogP contribution in [0.4, 0.5) is 0 Å². The van der Waals surface area contributed by atoms with Crippen LogP contribution in [0.1, 0.15) is 58.4 Å². The molecular weight excluding hydrogens is 456 g/mol. The van der Waals surface area contributed by atoms with Crippen LogP contribution in [-0.2, 0) is 16.0 Å². The van der Waals surface area contributed by atoms with E-state index >= 15 is 0 Å². The maximum atomic E-state index is 12.2. The number of ether oxygens (including phenoxy) is 3. The second-order valence-corrected chi connectivity index (χ2v) is 9.77. The van der Waals surface area contributed by atoms with E-state index in [1.807, 2.05) is 19.1 Å². The monoisotopic (exact) mass is 500 g/mol. The van der Waals surface area contributed by atoms with Crippen molar-refractivity contribution in [1.29, 1.82) is 0 Å². The van der Waals surface area contributed by atoms with E-state index in [4.69, 9.17) is 19.9 Å². The van der Waals surface area contributed by atoms with Crippen molar-refractivity contribution < 1.29 is 24.1 Å². The minimum Gasteiger partial charge on any atom is -0.493 e. The largest absolute Gasteiger partial charge is 0.493 e. The van der Waals surface area contributed by atoms with E-state index in [2.05, 4.69) is 25.2 Å². The Morgan fingerprint density at radius 2 is 1.85 bits per heavy atom. The molecule has 7 nitrogen and oxygen atoms in total. The van der Waals surface area contributed by atoms with Crippen molar-refractivity contribution in [3.05, 3.63) is 23.8 Å². The first kappa shape index (κ1) is 30.5. The van der Waals surface area contributed by atoms with Gasteiger partial charge >= 0.3 is 0 Å². The molecule has 8 heteroatoms. The van der Waals surface area contributed by atoms with Gasteiger partial charge in [-0.05, 0) is 61.6 Å². The molecule has 0 unspecified atom stereocenters. The van der Waals surface area contributed by atoms with Gasteiger partial charge in [-0.25, -0.2) is 0 Å². The van der Waals surface area contributed by atoms with Gasteiger partial charge in [0.2, 0.25) is 5.91 Å². The summed E-state index contributed by atoms with van der Waals surface area (Å²) in [5.74, 6) is 1.90. The minimum atomic E-state index is -0.707. The number of hydrogen-bond donors (Lipinski definition) is 3. The second-order valence-electron chi connectivity index (χ2n) is 9.77. The predicted octanol–water partition coefficient (Wildman–Crippen LogP) is 3.73. The molecule has 4 N–H and O–H groups in total. The summed E-state index contributed by atoms with van der Waals surface area (Å²) >= 11 is 0. The van der Waals surface area contributed by atoms with E-state index in [0.717, 1.165) is 37.0 Å². The van der Waals surface area contributed by atoms with Crippen LogP contribution >= 0.6 is 12.4 Å². The SMILES string of the molecule is COCCCOc1cc(C[C@@H](C[C@H](N)[C@@H](O)C[C@@H](C)C(=O)NC2CC2)C(C)C)ccc1OC.Cl. The van der Waals surface area contributed by atoms with E-state index < -0.39 is 6.10 Å². The highest BCUT2D eigenvalue weighted by atomic mass is 35.5. The zero-order valence-corrected chi connectivity index (χ0v) is 22.2. The molecule has 1 aliphatic carbocycles. The molecule has 0 saturated heterocycles. The van der Waals surface area contributed by atoms with Crippen molar-refractivity contribution in [2.45, 2.75) is 77.5 Å². The molecule has 0 bridgehead atoms. The van der Waals surface area contributed by atoms with Crippen molar-refractivity contribution in [2.24, 2.45) is 23.5 Å². The van der Waals surface area contributed by atoms with Crippen LogP contribution in [0.2, 0.25) is 0 Å². The molecule has 4 atom stereocenters. The van der Waals surface area contributed by atoms with Gasteiger partial charge in [-0.3, -0.25) is 4.79 Å². The molecule has 1 fully saturated rings. The number of nitrogens with one attached hydrogen (secondary N) is 1. The van der Waals surface area contributed by atoms with Crippen LogP contribution < -0.4 is 20.5 Å². The molecule has 1 aliphatic rings. The van der Waals surface area contributed by atoms with Crippen LogP contribution in [0.5, 0.6) is 11.5 Å². The highest BCUT2D eigenvalue weighted by molar-refractivity contribution is 5.85. The summed E-state index contributed by atoms with van der Waals surface area (Å²) < 4.78 is 16.5. The Hall–Kier alpha value is -1.54. The number of benzene rings is 1. The van der Waals surface area contributed by atoms with Crippen LogP contribution in [0.15, 0.2) is 18.2 Å². The normalized spacial score (nSPS) is 16.8. The van der Waals surface area contributed by atoms with Crippen LogP contribution in [0, 0.1) is 17.8 Å². The Kier molecular flexibility index (Phi) is 13.9. The number of aliphatic hydroxyl groups excluding tert-OH is 1. The summed E-state index contributed by atoms with van der Waals surface area (Å²) in [5.41, 5.74) is 7.55. The first-order chi connectivity index (χ1) is 15.7. The Bertz CT molecular complexity index is 729. The van der Waals surface area contributed by atoms with E-state index in [1.54, 1.807) is 14.2 Å². The summed E-state index contributed by atoms with van der Waals surface area (Å²) in [5, 5.41) is 13.7. The fraction of sp³-hybridized carbons (Fsp3) is 0.731. The number of nitrogens with two attached hydrogens (primary N) is 1. The maximum Gasteiger partial charge on any atom is 0.223 e. The smallest absolute Gasteiger partial charge is 0.223 e. The standard InChI is InChI=1S/C26H44N2O5.ClH/c1-17(2)20(16-22(27)23(29)13-18(3)26(30)28-21-8-9-21)14-19-7-10-24(32-5)25(15-19)33-12-6-11-31-4;/h7,10,15,17-18,20-23,29H,6,8-9,11-14,16,27H2,1-5H3,(H,28,30);1H/t18-,20+,22+,23+;/m1./s1. The van der Waals surface area contributed by atoms with Crippen molar-refractivity contribution in [2.75, 3.05) is 27.4 Å². The number of hydrogen-bond acceptors (Lipinski definition) is 6. The number of halogens is 1. The number of aliphatic hydroxyl groups is 1. The summed E-state index contributed by atoms with van der Waals surface area (Å²) in [6, 6.07) is 5.98. The molecule has 1 aromatic carbocycles. The topological polar surface area (TPSA) is 103 Å². The van der Waals surface area contributed by atoms with Crippen molar-refractivity contribution >= 4 is 18.3 Å². The minimum absolute atomic E-state index is 0. The maximum absolute atomic E-state index is 12.2. The van der Waals surface area contributed by atoms with E-state index in [9.17, 15) is 9.90 Å².